The molecule has 0 radical (unpaired) electrons. The third kappa shape index (κ3) is 4.10. The molecule has 0 aliphatic carbocycles. The van der Waals surface area contributed by atoms with Crippen LogP contribution in [-0.2, 0) is 9.53 Å². The molecule has 0 aliphatic rings. The molecule has 0 aliphatic heterocycles. The normalized spacial score (nSPS) is 11.9. The summed E-state index contributed by atoms with van der Waals surface area (Å²) in [7, 11) is 1.61. The third-order valence-electron chi connectivity index (χ3n) is 2.69. The lowest BCUT2D eigenvalue weighted by Gasteiger charge is -2.12. The monoisotopic (exact) mass is 236 g/mol. The van der Waals surface area contributed by atoms with Crippen molar-refractivity contribution in [2.24, 2.45) is 0 Å². The van der Waals surface area contributed by atoms with Gasteiger partial charge in [-0.05, 0) is 31.0 Å². The molecular formula is C14H20O3. The van der Waals surface area contributed by atoms with Crippen molar-refractivity contribution in [3.05, 3.63) is 29.8 Å². The number of carbonyl (C=O) groups is 1. The van der Waals surface area contributed by atoms with Gasteiger partial charge >= 0.3 is 5.97 Å². The van der Waals surface area contributed by atoms with Gasteiger partial charge in [0.1, 0.15) is 5.75 Å². The average molecular weight is 236 g/mol. The summed E-state index contributed by atoms with van der Waals surface area (Å²) in [6, 6.07) is 7.52. The van der Waals surface area contributed by atoms with E-state index in [1.807, 2.05) is 31.2 Å². The molecule has 3 heteroatoms. The smallest absolute Gasteiger partial charge is 0.313 e. The van der Waals surface area contributed by atoms with Crippen LogP contribution < -0.4 is 4.74 Å². The van der Waals surface area contributed by atoms with E-state index in [1.54, 1.807) is 7.11 Å². The molecule has 1 atom stereocenters. The van der Waals surface area contributed by atoms with Gasteiger partial charge in [0.05, 0.1) is 19.6 Å². The van der Waals surface area contributed by atoms with Crippen LogP contribution in [0.2, 0.25) is 0 Å². The number of methoxy groups -OCH3 is 1. The zero-order chi connectivity index (χ0) is 12.7. The first-order valence-electron chi connectivity index (χ1n) is 5.99. The minimum atomic E-state index is -0.248. The molecule has 0 aromatic heterocycles. The van der Waals surface area contributed by atoms with E-state index in [4.69, 9.17) is 9.47 Å². The Morgan fingerprint density at radius 1 is 1.41 bits per heavy atom. The number of rotatable bonds is 6. The van der Waals surface area contributed by atoms with E-state index in [2.05, 4.69) is 6.92 Å². The zero-order valence-corrected chi connectivity index (χ0v) is 10.7. The molecular weight excluding hydrogens is 216 g/mol. The second-order valence-corrected chi connectivity index (χ2v) is 4.02. The third-order valence-corrected chi connectivity index (χ3v) is 2.69. The summed E-state index contributed by atoms with van der Waals surface area (Å²) < 4.78 is 10.3. The van der Waals surface area contributed by atoms with Crippen LogP contribution in [0.1, 0.15) is 38.2 Å². The molecule has 0 spiro atoms. The highest BCUT2D eigenvalue weighted by molar-refractivity contribution is 5.77. The highest BCUT2D eigenvalue weighted by atomic mass is 16.5. The minimum Gasteiger partial charge on any atom is -0.497 e. The SMILES string of the molecule is CCCCOC(=O)C(C)c1cccc(OC)c1. The highest BCUT2D eigenvalue weighted by Gasteiger charge is 2.16. The Bertz CT molecular complexity index is 360. The molecule has 0 saturated heterocycles. The van der Waals surface area contributed by atoms with Crippen molar-refractivity contribution >= 4 is 5.97 Å². The summed E-state index contributed by atoms with van der Waals surface area (Å²) in [6.07, 6.45) is 1.94. The summed E-state index contributed by atoms with van der Waals surface area (Å²) in [6.45, 7) is 4.42. The largest absolute Gasteiger partial charge is 0.497 e. The van der Waals surface area contributed by atoms with E-state index in [0.717, 1.165) is 24.2 Å². The van der Waals surface area contributed by atoms with Crippen LogP contribution in [0.4, 0.5) is 0 Å². The van der Waals surface area contributed by atoms with Gasteiger partial charge in [0.2, 0.25) is 0 Å². The Balaban J connectivity index is 2.61. The molecule has 0 bridgehead atoms. The van der Waals surface area contributed by atoms with Crippen LogP contribution in [0.3, 0.4) is 0 Å². The fraction of sp³-hybridized carbons (Fsp3) is 0.500. The number of ether oxygens (including phenoxy) is 2. The average Bonchev–Trinajstić information content (AvgIpc) is 2.38. The summed E-state index contributed by atoms with van der Waals surface area (Å²) in [5.74, 6) is 0.337. The van der Waals surface area contributed by atoms with Gasteiger partial charge in [-0.25, -0.2) is 0 Å². The molecule has 1 unspecified atom stereocenters. The molecule has 1 rings (SSSR count). The second-order valence-electron chi connectivity index (χ2n) is 4.02. The Morgan fingerprint density at radius 3 is 2.82 bits per heavy atom. The van der Waals surface area contributed by atoms with Crippen LogP contribution in [0.5, 0.6) is 5.75 Å². The van der Waals surface area contributed by atoms with Gasteiger partial charge in [0, 0.05) is 0 Å². The van der Waals surface area contributed by atoms with Crippen molar-refractivity contribution in [1.29, 1.82) is 0 Å². The summed E-state index contributed by atoms with van der Waals surface area (Å²) in [4.78, 5) is 11.8. The first kappa shape index (κ1) is 13.6. The number of benzene rings is 1. The maximum atomic E-state index is 11.8. The van der Waals surface area contributed by atoms with Crippen molar-refractivity contribution in [3.8, 4) is 5.75 Å². The van der Waals surface area contributed by atoms with Crippen LogP contribution in [0.25, 0.3) is 0 Å². The number of esters is 1. The van der Waals surface area contributed by atoms with Crippen molar-refractivity contribution in [2.75, 3.05) is 13.7 Å². The van der Waals surface area contributed by atoms with Crippen LogP contribution in [0.15, 0.2) is 24.3 Å². The summed E-state index contributed by atoms with van der Waals surface area (Å²) in [5, 5.41) is 0. The van der Waals surface area contributed by atoms with Gasteiger partial charge in [-0.15, -0.1) is 0 Å². The number of unbranched alkanes of at least 4 members (excludes halogenated alkanes) is 1. The topological polar surface area (TPSA) is 35.5 Å². The molecule has 0 amide bonds. The van der Waals surface area contributed by atoms with Gasteiger partial charge in [-0.2, -0.15) is 0 Å². The fourth-order valence-electron chi connectivity index (χ4n) is 1.49. The predicted octanol–water partition coefficient (Wildman–Crippen LogP) is 3.14. The molecule has 17 heavy (non-hydrogen) atoms. The van der Waals surface area contributed by atoms with E-state index >= 15 is 0 Å². The second kappa shape index (κ2) is 6.94. The van der Waals surface area contributed by atoms with E-state index in [0.29, 0.717) is 6.61 Å². The number of hydrogen-bond acceptors (Lipinski definition) is 3. The molecule has 1 aromatic carbocycles. The summed E-state index contributed by atoms with van der Waals surface area (Å²) in [5.41, 5.74) is 0.922. The van der Waals surface area contributed by atoms with E-state index < -0.39 is 0 Å². The molecule has 0 saturated carbocycles. The van der Waals surface area contributed by atoms with Gasteiger partial charge in [0.25, 0.3) is 0 Å². The van der Waals surface area contributed by atoms with Crippen molar-refractivity contribution in [1.82, 2.24) is 0 Å². The quantitative estimate of drug-likeness (QED) is 0.562. The van der Waals surface area contributed by atoms with Crippen molar-refractivity contribution in [3.63, 3.8) is 0 Å². The van der Waals surface area contributed by atoms with Gasteiger partial charge in [-0.3, -0.25) is 4.79 Å². The first-order chi connectivity index (χ1) is 8.19. The fourth-order valence-corrected chi connectivity index (χ4v) is 1.49. The Kier molecular flexibility index (Phi) is 5.53. The maximum Gasteiger partial charge on any atom is 0.313 e. The molecule has 0 N–H and O–H groups in total. The predicted molar refractivity (Wildman–Crippen MR) is 67.3 cm³/mol. The summed E-state index contributed by atoms with van der Waals surface area (Å²) >= 11 is 0. The molecule has 0 heterocycles. The van der Waals surface area contributed by atoms with E-state index in [1.165, 1.54) is 0 Å². The first-order valence-corrected chi connectivity index (χ1v) is 5.99. The van der Waals surface area contributed by atoms with Gasteiger partial charge < -0.3 is 9.47 Å². The zero-order valence-electron chi connectivity index (χ0n) is 10.7. The standard InChI is InChI=1S/C14H20O3/c1-4-5-9-17-14(15)11(2)12-7-6-8-13(10-12)16-3/h6-8,10-11H,4-5,9H2,1-3H3. The van der Waals surface area contributed by atoms with Crippen LogP contribution in [0, 0.1) is 0 Å². The van der Waals surface area contributed by atoms with Crippen LogP contribution in [-0.4, -0.2) is 19.7 Å². The van der Waals surface area contributed by atoms with Crippen LogP contribution >= 0.6 is 0 Å². The lowest BCUT2D eigenvalue weighted by molar-refractivity contribution is -0.145. The lowest BCUT2D eigenvalue weighted by atomic mass is 10.0. The molecule has 1 aromatic rings. The van der Waals surface area contributed by atoms with Crippen molar-refractivity contribution in [2.45, 2.75) is 32.6 Å². The van der Waals surface area contributed by atoms with Crippen molar-refractivity contribution < 1.29 is 14.3 Å². The number of hydrogen-bond donors (Lipinski definition) is 0. The van der Waals surface area contributed by atoms with E-state index in [-0.39, 0.29) is 11.9 Å². The Labute approximate surface area is 103 Å². The highest BCUT2D eigenvalue weighted by Crippen LogP contribution is 2.21. The molecule has 94 valence electrons. The Morgan fingerprint density at radius 2 is 2.18 bits per heavy atom. The number of carbonyl (C=O) groups excluding carboxylic acids is 1. The molecule has 0 fully saturated rings. The lowest BCUT2D eigenvalue weighted by Crippen LogP contribution is -2.13. The van der Waals surface area contributed by atoms with Gasteiger partial charge in [-0.1, -0.05) is 25.5 Å². The Hall–Kier alpha value is -1.51. The van der Waals surface area contributed by atoms with Gasteiger partial charge in [0.15, 0.2) is 0 Å². The molecule has 3 nitrogen and oxygen atoms in total. The van der Waals surface area contributed by atoms with E-state index in [9.17, 15) is 4.79 Å². The maximum absolute atomic E-state index is 11.8. The minimum absolute atomic E-state index is 0.174.